The Hall–Kier alpha value is -3.88. The molecule has 8 nitrogen and oxygen atoms in total. The monoisotopic (exact) mass is 409 g/mol. The van der Waals surface area contributed by atoms with Crippen LogP contribution in [0.25, 0.3) is 33.5 Å². The van der Waals surface area contributed by atoms with Gasteiger partial charge in [0.2, 0.25) is 0 Å². The molecule has 2 aromatic carbocycles. The zero-order chi connectivity index (χ0) is 21.3. The number of rotatable bonds is 5. The number of hydrogen-bond donors (Lipinski definition) is 4. The van der Waals surface area contributed by atoms with E-state index in [1.54, 1.807) is 6.20 Å². The van der Waals surface area contributed by atoms with Gasteiger partial charge >= 0.3 is 6.09 Å². The Morgan fingerprint density at radius 3 is 2.90 bits per heavy atom. The van der Waals surface area contributed by atoms with E-state index in [2.05, 4.69) is 25.5 Å². The van der Waals surface area contributed by atoms with Crippen LogP contribution in [0, 0.1) is 5.82 Å². The lowest BCUT2D eigenvalue weighted by Crippen LogP contribution is -2.18. The smallest absolute Gasteiger partial charge is 0.407 e. The van der Waals surface area contributed by atoms with E-state index in [1.165, 1.54) is 19.2 Å². The van der Waals surface area contributed by atoms with Gasteiger partial charge in [-0.25, -0.2) is 14.2 Å². The highest BCUT2D eigenvalue weighted by molar-refractivity contribution is 5.94. The minimum absolute atomic E-state index is 0.0609. The van der Waals surface area contributed by atoms with Crippen molar-refractivity contribution in [3.8, 4) is 28.4 Å². The van der Waals surface area contributed by atoms with Gasteiger partial charge in [0, 0.05) is 12.4 Å². The average molecular weight is 409 g/mol. The number of aryl methyl sites for hydroxylation is 1. The van der Waals surface area contributed by atoms with Gasteiger partial charge < -0.3 is 20.1 Å². The van der Waals surface area contributed by atoms with Gasteiger partial charge in [0.25, 0.3) is 0 Å². The number of fused-ring (bicyclic) bond motifs is 1. The Kier molecular flexibility index (Phi) is 5.09. The second kappa shape index (κ2) is 7.86. The van der Waals surface area contributed by atoms with Crippen molar-refractivity contribution in [3.63, 3.8) is 0 Å². The molecule has 0 bridgehead atoms. The summed E-state index contributed by atoms with van der Waals surface area (Å²) in [4.78, 5) is 18.6. The number of aromatic amines is 2. The SMILES string of the molecule is CCc1cc(O)c(F)cc1-c1ccc2c(-c3ncc(COC(=O)NC)[nH]3)n[nH]c2c1. The number of benzene rings is 2. The van der Waals surface area contributed by atoms with Crippen molar-refractivity contribution >= 4 is 17.0 Å². The van der Waals surface area contributed by atoms with E-state index < -0.39 is 11.9 Å². The molecule has 0 fully saturated rings. The number of carbonyl (C=O) groups excluding carboxylic acids is 1. The number of hydrogen-bond acceptors (Lipinski definition) is 5. The first kappa shape index (κ1) is 19.4. The molecule has 4 rings (SSSR count). The molecule has 30 heavy (non-hydrogen) atoms. The topological polar surface area (TPSA) is 116 Å². The van der Waals surface area contributed by atoms with Gasteiger partial charge in [-0.2, -0.15) is 5.10 Å². The van der Waals surface area contributed by atoms with E-state index in [4.69, 9.17) is 4.74 Å². The number of nitrogens with zero attached hydrogens (tertiary/aromatic N) is 2. The second-order valence-corrected chi connectivity index (χ2v) is 6.73. The molecule has 2 aromatic heterocycles. The molecule has 0 saturated carbocycles. The summed E-state index contributed by atoms with van der Waals surface area (Å²) < 4.78 is 18.9. The number of halogens is 1. The first-order valence-electron chi connectivity index (χ1n) is 9.38. The number of aromatic nitrogens is 4. The number of phenolic OH excluding ortho intramolecular Hbond substituents is 1. The van der Waals surface area contributed by atoms with Crippen molar-refractivity contribution in [2.24, 2.45) is 0 Å². The van der Waals surface area contributed by atoms with Crippen LogP contribution >= 0.6 is 0 Å². The fraction of sp³-hybridized carbons (Fsp3) is 0.190. The molecule has 0 spiro atoms. The highest BCUT2D eigenvalue weighted by atomic mass is 19.1. The van der Waals surface area contributed by atoms with Crippen LogP contribution in [0.15, 0.2) is 36.5 Å². The summed E-state index contributed by atoms with van der Waals surface area (Å²) in [6, 6.07) is 8.45. The number of H-pyrrole nitrogens is 2. The summed E-state index contributed by atoms with van der Waals surface area (Å²) in [6.45, 7) is 2.01. The van der Waals surface area contributed by atoms with E-state index in [1.807, 2.05) is 25.1 Å². The highest BCUT2D eigenvalue weighted by Crippen LogP contribution is 2.33. The van der Waals surface area contributed by atoms with Gasteiger partial charge in [-0.05, 0) is 47.4 Å². The Labute approximate surface area is 171 Å². The molecule has 4 N–H and O–H groups in total. The molecule has 2 heterocycles. The third kappa shape index (κ3) is 3.57. The van der Waals surface area contributed by atoms with E-state index in [0.717, 1.165) is 27.6 Å². The minimum atomic E-state index is -0.658. The number of ether oxygens (including phenoxy) is 1. The zero-order valence-corrected chi connectivity index (χ0v) is 16.4. The highest BCUT2D eigenvalue weighted by Gasteiger charge is 2.15. The van der Waals surface area contributed by atoms with Gasteiger partial charge in [0.15, 0.2) is 17.4 Å². The summed E-state index contributed by atoms with van der Waals surface area (Å²) in [6.07, 6.45) is 1.71. The van der Waals surface area contributed by atoms with Gasteiger partial charge in [0.05, 0.1) is 17.4 Å². The first-order chi connectivity index (χ1) is 14.5. The Morgan fingerprint density at radius 2 is 2.13 bits per heavy atom. The maximum atomic E-state index is 13.9. The molecule has 0 saturated heterocycles. The van der Waals surface area contributed by atoms with Crippen molar-refractivity contribution in [1.82, 2.24) is 25.5 Å². The molecule has 4 aromatic rings. The predicted molar refractivity (Wildman–Crippen MR) is 109 cm³/mol. The molecule has 1 amide bonds. The van der Waals surface area contributed by atoms with Crippen molar-refractivity contribution in [2.75, 3.05) is 7.05 Å². The molecule has 0 aliphatic rings. The number of aromatic hydroxyl groups is 1. The Balaban J connectivity index is 1.66. The Bertz CT molecular complexity index is 1230. The maximum absolute atomic E-state index is 13.9. The molecular formula is C21H20FN5O3. The van der Waals surface area contributed by atoms with Crippen LogP contribution in [0.4, 0.5) is 9.18 Å². The molecule has 9 heteroatoms. The largest absolute Gasteiger partial charge is 0.505 e. The first-order valence-corrected chi connectivity index (χ1v) is 9.38. The molecule has 154 valence electrons. The maximum Gasteiger partial charge on any atom is 0.407 e. The lowest BCUT2D eigenvalue weighted by atomic mass is 9.96. The summed E-state index contributed by atoms with van der Waals surface area (Å²) in [7, 11) is 1.49. The normalized spacial score (nSPS) is 11.0. The standard InChI is InChI=1S/C21H20FN5O3/c1-3-11-7-18(28)16(22)8-15(11)12-4-5-14-17(6-12)26-27-19(14)20-24-9-13(25-20)10-30-21(29)23-2/h4-9,28H,3,10H2,1-2H3,(H,23,29)(H,24,25)(H,26,27). The van der Waals surface area contributed by atoms with Gasteiger partial charge in [-0.3, -0.25) is 5.10 Å². The van der Waals surface area contributed by atoms with E-state index in [-0.39, 0.29) is 12.4 Å². The van der Waals surface area contributed by atoms with Crippen LogP contribution in [0.5, 0.6) is 5.75 Å². The van der Waals surface area contributed by atoms with Gasteiger partial charge in [-0.1, -0.05) is 13.0 Å². The lowest BCUT2D eigenvalue weighted by Gasteiger charge is -2.10. The summed E-state index contributed by atoms with van der Waals surface area (Å²) in [5, 5.41) is 20.2. The number of carbonyl (C=O) groups is 1. The lowest BCUT2D eigenvalue weighted by molar-refractivity contribution is 0.140. The summed E-state index contributed by atoms with van der Waals surface area (Å²) in [5.41, 5.74) is 4.39. The minimum Gasteiger partial charge on any atom is -0.505 e. The molecule has 0 radical (unpaired) electrons. The number of amides is 1. The van der Waals surface area contributed by atoms with E-state index >= 15 is 0 Å². The van der Waals surface area contributed by atoms with Crippen molar-refractivity contribution in [3.05, 3.63) is 53.6 Å². The van der Waals surface area contributed by atoms with Gasteiger partial charge in [0.1, 0.15) is 12.3 Å². The van der Waals surface area contributed by atoms with Crippen LogP contribution < -0.4 is 5.32 Å². The third-order valence-corrected chi connectivity index (χ3v) is 4.84. The average Bonchev–Trinajstić information content (AvgIpc) is 3.39. The molecular weight excluding hydrogens is 389 g/mol. The zero-order valence-electron chi connectivity index (χ0n) is 16.4. The Morgan fingerprint density at radius 1 is 1.30 bits per heavy atom. The quantitative estimate of drug-likeness (QED) is 0.399. The fourth-order valence-electron chi connectivity index (χ4n) is 3.30. The fourth-order valence-corrected chi connectivity index (χ4v) is 3.30. The predicted octanol–water partition coefficient (Wildman–Crippen LogP) is 3.88. The van der Waals surface area contributed by atoms with Crippen LogP contribution in [0.2, 0.25) is 0 Å². The van der Waals surface area contributed by atoms with Crippen molar-refractivity contribution in [1.29, 1.82) is 0 Å². The van der Waals surface area contributed by atoms with Crippen LogP contribution in [0.1, 0.15) is 18.2 Å². The summed E-state index contributed by atoms with van der Waals surface area (Å²) >= 11 is 0. The van der Waals surface area contributed by atoms with Crippen LogP contribution in [-0.2, 0) is 17.8 Å². The number of imidazole rings is 1. The molecule has 0 aliphatic heterocycles. The number of phenols is 1. The van der Waals surface area contributed by atoms with Crippen molar-refractivity contribution in [2.45, 2.75) is 20.0 Å². The molecule has 0 atom stereocenters. The molecule has 0 unspecified atom stereocenters. The van der Waals surface area contributed by atoms with E-state index in [9.17, 15) is 14.3 Å². The van der Waals surface area contributed by atoms with Gasteiger partial charge in [-0.15, -0.1) is 0 Å². The second-order valence-electron chi connectivity index (χ2n) is 6.73. The van der Waals surface area contributed by atoms with Crippen LogP contribution in [0.3, 0.4) is 0 Å². The van der Waals surface area contributed by atoms with Crippen molar-refractivity contribution < 1.29 is 19.0 Å². The third-order valence-electron chi connectivity index (χ3n) is 4.84. The number of alkyl carbamates (subject to hydrolysis) is 1. The summed E-state index contributed by atoms with van der Waals surface area (Å²) in [5.74, 6) is -0.473. The van der Waals surface area contributed by atoms with Crippen LogP contribution in [-0.4, -0.2) is 38.4 Å². The number of nitrogens with one attached hydrogen (secondary N) is 3. The van der Waals surface area contributed by atoms with E-state index in [0.29, 0.717) is 23.6 Å². The molecule has 0 aliphatic carbocycles.